The highest BCUT2D eigenvalue weighted by atomic mass is 79.9. The van der Waals surface area contributed by atoms with Gasteiger partial charge in [-0.05, 0) is 24.8 Å². The maximum atomic E-state index is 12.1. The first-order valence-corrected chi connectivity index (χ1v) is 7.85. The molecule has 5 heteroatoms. The Morgan fingerprint density at radius 2 is 2.17 bits per heavy atom. The van der Waals surface area contributed by atoms with Gasteiger partial charge in [-0.2, -0.15) is 0 Å². The topological polar surface area (TPSA) is 30.2 Å². The molecule has 0 aliphatic carbocycles. The van der Waals surface area contributed by atoms with Crippen molar-refractivity contribution in [2.45, 2.75) is 23.8 Å². The van der Waals surface area contributed by atoms with E-state index in [0.29, 0.717) is 21.1 Å². The molecule has 0 spiro atoms. The summed E-state index contributed by atoms with van der Waals surface area (Å²) in [4.78, 5) is 12.1. The van der Waals surface area contributed by atoms with Gasteiger partial charge in [0.1, 0.15) is 5.58 Å². The summed E-state index contributed by atoms with van der Waals surface area (Å²) in [5, 5.41) is 1.72. The van der Waals surface area contributed by atoms with Crippen LogP contribution in [0.15, 0.2) is 32.5 Å². The Kier molecular flexibility index (Phi) is 4.41. The molecule has 0 radical (unpaired) electrons. The molecule has 0 bridgehead atoms. The quantitative estimate of drug-likeness (QED) is 0.577. The van der Waals surface area contributed by atoms with Crippen LogP contribution < -0.4 is 5.43 Å². The molecule has 96 valence electrons. The normalized spacial score (nSPS) is 12.9. The van der Waals surface area contributed by atoms with Crippen LogP contribution in [0.1, 0.15) is 24.2 Å². The van der Waals surface area contributed by atoms with Gasteiger partial charge in [-0.1, -0.05) is 46.2 Å². The minimum absolute atomic E-state index is 0.0518. The highest BCUT2D eigenvalue weighted by Gasteiger charge is 2.14. The van der Waals surface area contributed by atoms with Gasteiger partial charge < -0.3 is 4.42 Å². The average Bonchev–Trinajstić information content (AvgIpc) is 2.29. The molecule has 2 aromatic rings. The largest absolute Gasteiger partial charge is 0.449 e. The van der Waals surface area contributed by atoms with Gasteiger partial charge in [0, 0.05) is 21.5 Å². The van der Waals surface area contributed by atoms with E-state index in [0.717, 1.165) is 11.3 Å². The van der Waals surface area contributed by atoms with Gasteiger partial charge in [0.05, 0.1) is 5.39 Å². The number of fused-ring (bicyclic) bond motifs is 1. The Morgan fingerprint density at radius 3 is 2.78 bits per heavy atom. The lowest BCUT2D eigenvalue weighted by Crippen LogP contribution is -2.02. The Bertz CT molecular complexity index is 637. The predicted molar refractivity (Wildman–Crippen MR) is 81.2 cm³/mol. The molecule has 1 aromatic heterocycles. The Hall–Kier alpha value is -0.450. The van der Waals surface area contributed by atoms with E-state index in [-0.39, 0.29) is 10.3 Å². The number of alkyl halides is 1. The minimum Gasteiger partial charge on any atom is -0.449 e. The second-order valence-corrected chi connectivity index (χ2v) is 6.93. The molecular formula is C13H12BrClO2S. The Balaban J connectivity index is 2.79. The lowest BCUT2D eigenvalue weighted by molar-refractivity contribution is 0.497. The van der Waals surface area contributed by atoms with E-state index < -0.39 is 0 Å². The Labute approximate surface area is 123 Å². The second kappa shape index (κ2) is 5.68. The van der Waals surface area contributed by atoms with Gasteiger partial charge >= 0.3 is 0 Å². The molecule has 2 rings (SSSR count). The molecule has 0 aliphatic rings. The molecule has 18 heavy (non-hydrogen) atoms. The van der Waals surface area contributed by atoms with Gasteiger partial charge in [0.25, 0.3) is 0 Å². The van der Waals surface area contributed by atoms with Crippen molar-refractivity contribution in [3.05, 3.63) is 39.0 Å². The minimum atomic E-state index is -0.0518. The number of rotatable bonds is 3. The number of benzene rings is 1. The first-order chi connectivity index (χ1) is 8.52. The van der Waals surface area contributed by atoms with Crippen molar-refractivity contribution < 1.29 is 4.42 Å². The van der Waals surface area contributed by atoms with E-state index in [1.165, 1.54) is 17.8 Å². The highest BCUT2D eigenvalue weighted by molar-refractivity contribution is 9.09. The van der Waals surface area contributed by atoms with Crippen LogP contribution >= 0.6 is 39.3 Å². The molecule has 1 atom stereocenters. The van der Waals surface area contributed by atoms with E-state index in [1.54, 1.807) is 6.07 Å². The Morgan fingerprint density at radius 1 is 1.44 bits per heavy atom. The fourth-order valence-electron chi connectivity index (χ4n) is 1.74. The van der Waals surface area contributed by atoms with Crippen molar-refractivity contribution in [3.63, 3.8) is 0 Å². The van der Waals surface area contributed by atoms with Gasteiger partial charge in [-0.3, -0.25) is 4.79 Å². The summed E-state index contributed by atoms with van der Waals surface area (Å²) < 4.78 is 5.80. The third-order valence-electron chi connectivity index (χ3n) is 2.51. The first-order valence-electron chi connectivity index (χ1n) is 5.57. The van der Waals surface area contributed by atoms with E-state index in [4.69, 9.17) is 16.0 Å². The van der Waals surface area contributed by atoms with Crippen LogP contribution in [0.4, 0.5) is 0 Å². The van der Waals surface area contributed by atoms with Crippen molar-refractivity contribution in [1.82, 2.24) is 0 Å². The molecule has 0 saturated heterocycles. The van der Waals surface area contributed by atoms with E-state index in [9.17, 15) is 4.79 Å². The summed E-state index contributed by atoms with van der Waals surface area (Å²) in [7, 11) is 0. The van der Waals surface area contributed by atoms with Gasteiger partial charge in [-0.25, -0.2) is 0 Å². The summed E-state index contributed by atoms with van der Waals surface area (Å²) >= 11 is 11.0. The van der Waals surface area contributed by atoms with Crippen LogP contribution in [-0.4, -0.2) is 5.75 Å². The second-order valence-electron chi connectivity index (χ2n) is 3.85. The molecule has 1 heterocycles. The molecule has 0 saturated carbocycles. The van der Waals surface area contributed by atoms with Crippen LogP contribution in [0.5, 0.6) is 0 Å². The zero-order valence-electron chi connectivity index (χ0n) is 10.00. The van der Waals surface area contributed by atoms with E-state index >= 15 is 0 Å². The van der Waals surface area contributed by atoms with Crippen LogP contribution in [0, 0.1) is 0 Å². The number of thioether (sulfide) groups is 1. The van der Waals surface area contributed by atoms with Crippen molar-refractivity contribution in [2.75, 3.05) is 5.75 Å². The van der Waals surface area contributed by atoms with Crippen molar-refractivity contribution in [3.8, 4) is 0 Å². The molecule has 0 fully saturated rings. The third-order valence-corrected chi connectivity index (χ3v) is 4.00. The van der Waals surface area contributed by atoms with Crippen LogP contribution in [0.3, 0.4) is 0 Å². The standard InChI is InChI=1S/C13H12BrClO2S/c1-3-18-12-6-11(16)10-5-8(15)4-9(7(2)14)13(10)17-12/h4-7H,3H2,1-2H3. The predicted octanol–water partition coefficient (Wildman–Crippen LogP) is 5.01. The molecular weight excluding hydrogens is 336 g/mol. The number of hydrogen-bond donors (Lipinski definition) is 0. The summed E-state index contributed by atoms with van der Waals surface area (Å²) in [5.41, 5.74) is 1.46. The van der Waals surface area contributed by atoms with Crippen LogP contribution in [0.2, 0.25) is 5.02 Å². The zero-order valence-corrected chi connectivity index (χ0v) is 13.2. The van der Waals surface area contributed by atoms with Gasteiger partial charge in [-0.15, -0.1) is 0 Å². The smallest absolute Gasteiger partial charge is 0.193 e. The van der Waals surface area contributed by atoms with Crippen LogP contribution in [0.25, 0.3) is 11.0 Å². The zero-order chi connectivity index (χ0) is 13.3. The maximum absolute atomic E-state index is 12.1. The third kappa shape index (κ3) is 2.76. The van der Waals surface area contributed by atoms with E-state index in [2.05, 4.69) is 15.9 Å². The summed E-state index contributed by atoms with van der Waals surface area (Å²) in [6, 6.07) is 5.00. The van der Waals surface area contributed by atoms with Crippen LogP contribution in [-0.2, 0) is 0 Å². The summed E-state index contributed by atoms with van der Waals surface area (Å²) in [6.45, 7) is 4.00. The SMILES string of the molecule is CCSc1cc(=O)c2cc(Cl)cc(C(C)Br)c2o1. The monoisotopic (exact) mass is 346 g/mol. The van der Waals surface area contributed by atoms with Gasteiger partial charge in [0.2, 0.25) is 0 Å². The van der Waals surface area contributed by atoms with Crippen molar-refractivity contribution in [2.24, 2.45) is 0 Å². The molecule has 1 unspecified atom stereocenters. The molecule has 0 amide bonds. The number of hydrogen-bond acceptors (Lipinski definition) is 3. The first kappa shape index (κ1) is 14.0. The average molecular weight is 348 g/mol. The molecule has 2 nitrogen and oxygen atoms in total. The van der Waals surface area contributed by atoms with Crippen molar-refractivity contribution >= 4 is 50.3 Å². The summed E-state index contributed by atoms with van der Waals surface area (Å²) in [5.74, 6) is 0.862. The molecule has 1 aromatic carbocycles. The molecule has 0 N–H and O–H groups in total. The maximum Gasteiger partial charge on any atom is 0.193 e. The van der Waals surface area contributed by atoms with Crippen molar-refractivity contribution in [1.29, 1.82) is 0 Å². The summed E-state index contributed by atoms with van der Waals surface area (Å²) in [6.07, 6.45) is 0. The van der Waals surface area contributed by atoms with Gasteiger partial charge in [0.15, 0.2) is 10.5 Å². The molecule has 0 aliphatic heterocycles. The highest BCUT2D eigenvalue weighted by Crippen LogP contribution is 2.33. The lowest BCUT2D eigenvalue weighted by atomic mass is 10.1. The lowest BCUT2D eigenvalue weighted by Gasteiger charge is -2.09. The van der Waals surface area contributed by atoms with E-state index in [1.807, 2.05) is 19.9 Å². The fraction of sp³-hybridized carbons (Fsp3) is 0.308. The fourth-order valence-corrected chi connectivity index (χ4v) is 2.92. The number of halogens is 2.